The summed E-state index contributed by atoms with van der Waals surface area (Å²) in [6.45, 7) is 1.39. The van der Waals surface area contributed by atoms with Gasteiger partial charge in [-0.1, -0.05) is 23.5 Å². The fraction of sp³-hybridized carbons (Fsp3) is 0.0833. The molecule has 0 fully saturated rings. The van der Waals surface area contributed by atoms with Gasteiger partial charge in [0.05, 0.1) is 5.56 Å². The Bertz CT molecular complexity index is 624. The molecule has 0 spiro atoms. The maximum absolute atomic E-state index is 11.2. The van der Waals surface area contributed by atoms with Crippen molar-refractivity contribution in [2.24, 2.45) is 5.73 Å². The van der Waals surface area contributed by atoms with Gasteiger partial charge in [-0.2, -0.15) is 4.98 Å². The molecule has 98 valence electrons. The molecular formula is C12H11N3O3S. The highest BCUT2D eigenvalue weighted by Crippen LogP contribution is 2.29. The summed E-state index contributed by atoms with van der Waals surface area (Å²) in [7, 11) is 0. The first-order chi connectivity index (χ1) is 9.06. The Morgan fingerprint density at radius 1 is 1.37 bits per heavy atom. The van der Waals surface area contributed by atoms with E-state index in [0.717, 1.165) is 0 Å². The molecule has 0 saturated heterocycles. The number of carbonyl (C=O) groups excluding carboxylic acids is 2. The molecule has 2 rings (SSSR count). The van der Waals surface area contributed by atoms with Crippen LogP contribution in [0.25, 0.3) is 0 Å². The Kier molecular flexibility index (Phi) is 3.76. The third kappa shape index (κ3) is 3.29. The molecule has 0 aliphatic rings. The molecule has 19 heavy (non-hydrogen) atoms. The van der Waals surface area contributed by atoms with Crippen LogP contribution in [-0.4, -0.2) is 16.8 Å². The SMILES string of the molecule is CC(=O)Nc1csc(Oc2ccccc2C(N)=O)n1. The zero-order chi connectivity index (χ0) is 13.8. The third-order valence-corrected chi connectivity index (χ3v) is 2.85. The second-order valence-corrected chi connectivity index (χ2v) is 4.46. The number of nitrogens with two attached hydrogens (primary N) is 1. The van der Waals surface area contributed by atoms with Crippen LogP contribution in [-0.2, 0) is 4.79 Å². The number of aromatic nitrogens is 1. The minimum Gasteiger partial charge on any atom is -0.430 e. The summed E-state index contributed by atoms with van der Waals surface area (Å²) < 4.78 is 5.49. The van der Waals surface area contributed by atoms with Gasteiger partial charge < -0.3 is 15.8 Å². The van der Waals surface area contributed by atoms with E-state index in [-0.39, 0.29) is 11.5 Å². The molecule has 0 bridgehead atoms. The van der Waals surface area contributed by atoms with Gasteiger partial charge in [-0.25, -0.2) is 0 Å². The van der Waals surface area contributed by atoms with Crippen molar-refractivity contribution < 1.29 is 14.3 Å². The van der Waals surface area contributed by atoms with E-state index in [9.17, 15) is 9.59 Å². The van der Waals surface area contributed by atoms with Gasteiger partial charge in [-0.05, 0) is 12.1 Å². The number of hydrogen-bond donors (Lipinski definition) is 2. The molecule has 3 N–H and O–H groups in total. The molecular weight excluding hydrogens is 266 g/mol. The minimum atomic E-state index is -0.575. The zero-order valence-corrected chi connectivity index (χ0v) is 10.9. The van der Waals surface area contributed by atoms with Crippen molar-refractivity contribution in [3.8, 4) is 10.9 Å². The number of para-hydroxylation sites is 1. The average Bonchev–Trinajstić information content (AvgIpc) is 2.76. The second kappa shape index (κ2) is 5.49. The van der Waals surface area contributed by atoms with Crippen LogP contribution in [0.1, 0.15) is 17.3 Å². The average molecular weight is 277 g/mol. The van der Waals surface area contributed by atoms with Crippen LogP contribution in [0, 0.1) is 0 Å². The van der Waals surface area contributed by atoms with Crippen molar-refractivity contribution in [2.75, 3.05) is 5.32 Å². The predicted octanol–water partition coefficient (Wildman–Crippen LogP) is 1.99. The van der Waals surface area contributed by atoms with Crippen molar-refractivity contribution >= 4 is 29.0 Å². The van der Waals surface area contributed by atoms with Crippen molar-refractivity contribution in [1.82, 2.24) is 4.98 Å². The number of primary amides is 1. The number of ether oxygens (including phenoxy) is 1. The Labute approximate surface area is 113 Å². The number of benzene rings is 1. The Morgan fingerprint density at radius 2 is 2.11 bits per heavy atom. The normalized spacial score (nSPS) is 9.95. The van der Waals surface area contributed by atoms with E-state index in [1.807, 2.05) is 0 Å². The van der Waals surface area contributed by atoms with Gasteiger partial charge in [0.2, 0.25) is 5.91 Å². The van der Waals surface area contributed by atoms with E-state index in [2.05, 4.69) is 10.3 Å². The number of amides is 2. The van der Waals surface area contributed by atoms with Crippen molar-refractivity contribution in [1.29, 1.82) is 0 Å². The number of carbonyl (C=O) groups is 2. The number of nitrogens with zero attached hydrogens (tertiary/aromatic N) is 1. The maximum atomic E-state index is 11.2. The van der Waals surface area contributed by atoms with Crippen LogP contribution >= 0.6 is 11.3 Å². The lowest BCUT2D eigenvalue weighted by atomic mass is 10.2. The van der Waals surface area contributed by atoms with Crippen molar-refractivity contribution in [3.63, 3.8) is 0 Å². The lowest BCUT2D eigenvalue weighted by Gasteiger charge is -2.05. The molecule has 0 atom stereocenters. The summed E-state index contributed by atoms with van der Waals surface area (Å²) in [4.78, 5) is 26.2. The summed E-state index contributed by atoms with van der Waals surface area (Å²) in [5.41, 5.74) is 5.52. The molecule has 2 aromatic rings. The standard InChI is InChI=1S/C12H11N3O3S/c1-7(16)14-10-6-19-12(15-10)18-9-5-3-2-4-8(9)11(13)17/h2-6H,1H3,(H2,13,17)(H,14,16). The molecule has 2 amide bonds. The molecule has 1 aromatic carbocycles. The van der Waals surface area contributed by atoms with E-state index in [1.165, 1.54) is 18.3 Å². The molecule has 0 unspecified atom stereocenters. The quantitative estimate of drug-likeness (QED) is 0.893. The predicted molar refractivity (Wildman–Crippen MR) is 71.5 cm³/mol. The van der Waals surface area contributed by atoms with E-state index in [1.54, 1.807) is 29.6 Å². The van der Waals surface area contributed by atoms with Gasteiger partial charge in [0, 0.05) is 12.3 Å². The van der Waals surface area contributed by atoms with Crippen LogP contribution < -0.4 is 15.8 Å². The van der Waals surface area contributed by atoms with Gasteiger partial charge >= 0.3 is 0 Å². The van der Waals surface area contributed by atoms with E-state index < -0.39 is 5.91 Å². The van der Waals surface area contributed by atoms with Gasteiger partial charge in [0.25, 0.3) is 11.1 Å². The Balaban J connectivity index is 2.19. The lowest BCUT2D eigenvalue weighted by molar-refractivity contribution is -0.114. The molecule has 0 radical (unpaired) electrons. The number of hydrogen-bond acceptors (Lipinski definition) is 5. The fourth-order valence-electron chi connectivity index (χ4n) is 1.40. The molecule has 0 saturated carbocycles. The van der Waals surface area contributed by atoms with Crippen LogP contribution in [0.5, 0.6) is 10.9 Å². The number of nitrogens with one attached hydrogen (secondary N) is 1. The first-order valence-electron chi connectivity index (χ1n) is 5.36. The summed E-state index contributed by atoms with van der Waals surface area (Å²) in [5.74, 6) is -0.0496. The summed E-state index contributed by atoms with van der Waals surface area (Å²) in [6.07, 6.45) is 0. The Morgan fingerprint density at radius 3 is 2.79 bits per heavy atom. The monoisotopic (exact) mass is 277 g/mol. The minimum absolute atomic E-state index is 0.214. The summed E-state index contributed by atoms with van der Waals surface area (Å²) in [5, 5.41) is 4.50. The first-order valence-corrected chi connectivity index (χ1v) is 6.24. The molecule has 0 aliphatic heterocycles. The third-order valence-electron chi connectivity index (χ3n) is 2.14. The number of anilines is 1. The van der Waals surface area contributed by atoms with E-state index in [0.29, 0.717) is 16.8 Å². The van der Waals surface area contributed by atoms with E-state index >= 15 is 0 Å². The first kappa shape index (κ1) is 13.0. The molecule has 0 aliphatic carbocycles. The van der Waals surface area contributed by atoms with Crippen LogP contribution in [0.2, 0.25) is 0 Å². The van der Waals surface area contributed by atoms with Crippen molar-refractivity contribution in [3.05, 3.63) is 35.2 Å². The smallest absolute Gasteiger partial charge is 0.280 e. The number of thiazole rings is 1. The highest BCUT2D eigenvalue weighted by molar-refractivity contribution is 7.11. The van der Waals surface area contributed by atoms with Crippen LogP contribution in [0.4, 0.5) is 5.82 Å². The van der Waals surface area contributed by atoms with Gasteiger partial charge in [0.15, 0.2) is 0 Å². The van der Waals surface area contributed by atoms with Gasteiger partial charge in [-0.3, -0.25) is 9.59 Å². The molecule has 7 heteroatoms. The summed E-state index contributed by atoms with van der Waals surface area (Å²) in [6, 6.07) is 6.61. The Hall–Kier alpha value is -2.41. The number of rotatable bonds is 4. The van der Waals surface area contributed by atoms with Crippen LogP contribution in [0.15, 0.2) is 29.6 Å². The maximum Gasteiger partial charge on any atom is 0.280 e. The lowest BCUT2D eigenvalue weighted by Crippen LogP contribution is -2.12. The largest absolute Gasteiger partial charge is 0.430 e. The van der Waals surface area contributed by atoms with E-state index in [4.69, 9.17) is 10.5 Å². The zero-order valence-electron chi connectivity index (χ0n) is 10.0. The topological polar surface area (TPSA) is 94.3 Å². The van der Waals surface area contributed by atoms with Crippen molar-refractivity contribution in [2.45, 2.75) is 6.92 Å². The van der Waals surface area contributed by atoms with Gasteiger partial charge in [-0.15, -0.1) is 0 Å². The summed E-state index contributed by atoms with van der Waals surface area (Å²) >= 11 is 1.21. The fourth-order valence-corrected chi connectivity index (χ4v) is 2.01. The molecule has 1 aromatic heterocycles. The molecule has 1 heterocycles. The molecule has 6 nitrogen and oxygen atoms in total. The highest BCUT2D eigenvalue weighted by atomic mass is 32.1. The van der Waals surface area contributed by atoms with Gasteiger partial charge in [0.1, 0.15) is 11.6 Å². The van der Waals surface area contributed by atoms with Crippen LogP contribution in [0.3, 0.4) is 0 Å². The second-order valence-electron chi connectivity index (χ2n) is 3.64. The highest BCUT2D eigenvalue weighted by Gasteiger charge is 2.11.